The number of hydrogen-bond donors (Lipinski definition) is 1. The van der Waals surface area contributed by atoms with Crippen molar-refractivity contribution in [3.8, 4) is 0 Å². The summed E-state index contributed by atoms with van der Waals surface area (Å²) in [6, 6.07) is 8.75. The van der Waals surface area contributed by atoms with E-state index in [9.17, 15) is 13.6 Å². The number of rotatable bonds is 2. The number of methoxy groups -OCH3 is 1. The maximum atomic E-state index is 13.7. The summed E-state index contributed by atoms with van der Waals surface area (Å²) in [6.07, 6.45) is 1.35. The van der Waals surface area contributed by atoms with Crippen LogP contribution in [0.15, 0.2) is 36.4 Å². The fraction of sp³-hybridized carbons (Fsp3) is 0.235. The third-order valence-corrected chi connectivity index (χ3v) is 3.91. The molecule has 0 amide bonds. The van der Waals surface area contributed by atoms with E-state index in [2.05, 4.69) is 5.32 Å². The number of fused-ring (bicyclic) bond motifs is 1. The van der Waals surface area contributed by atoms with E-state index in [0.717, 1.165) is 17.5 Å². The number of hydrogen-bond acceptors (Lipinski definition) is 3. The van der Waals surface area contributed by atoms with Gasteiger partial charge in [-0.05, 0) is 48.2 Å². The first-order valence-corrected chi connectivity index (χ1v) is 7.01. The van der Waals surface area contributed by atoms with Crippen molar-refractivity contribution in [3.63, 3.8) is 0 Å². The molecule has 1 aliphatic heterocycles. The predicted molar refractivity (Wildman–Crippen MR) is 78.8 cm³/mol. The number of benzene rings is 2. The predicted octanol–water partition coefficient (Wildman–Crippen LogP) is 3.85. The summed E-state index contributed by atoms with van der Waals surface area (Å²) in [6.45, 7) is 0. The molecule has 0 radical (unpaired) electrons. The first-order chi connectivity index (χ1) is 10.6. The Kier molecular flexibility index (Phi) is 3.79. The molecule has 0 saturated heterocycles. The highest BCUT2D eigenvalue weighted by molar-refractivity contribution is 5.93. The highest BCUT2D eigenvalue weighted by Gasteiger charge is 2.25. The average Bonchev–Trinajstić information content (AvgIpc) is 2.53. The molecule has 1 aliphatic rings. The van der Waals surface area contributed by atoms with Crippen LogP contribution in [0.25, 0.3) is 0 Å². The van der Waals surface area contributed by atoms with Gasteiger partial charge in [0, 0.05) is 5.69 Å². The highest BCUT2D eigenvalue weighted by Crippen LogP contribution is 2.35. The van der Waals surface area contributed by atoms with Crippen molar-refractivity contribution in [1.82, 2.24) is 0 Å². The monoisotopic (exact) mass is 303 g/mol. The van der Waals surface area contributed by atoms with E-state index < -0.39 is 11.8 Å². The average molecular weight is 303 g/mol. The van der Waals surface area contributed by atoms with Gasteiger partial charge in [-0.2, -0.15) is 0 Å². The number of ether oxygens (including phenoxy) is 1. The summed E-state index contributed by atoms with van der Waals surface area (Å²) in [4.78, 5) is 11.8. The van der Waals surface area contributed by atoms with Gasteiger partial charge in [0.25, 0.3) is 0 Å². The molecule has 2 aromatic rings. The SMILES string of the molecule is COC(=O)c1cc(F)cc2c1CCC(c1ccc(F)cc1)N2. The molecule has 114 valence electrons. The summed E-state index contributed by atoms with van der Waals surface area (Å²) in [5, 5.41) is 3.22. The molecule has 5 heteroatoms. The normalized spacial score (nSPS) is 16.6. The lowest BCUT2D eigenvalue weighted by atomic mass is 9.90. The number of halogens is 2. The molecule has 0 fully saturated rings. The first-order valence-electron chi connectivity index (χ1n) is 7.01. The van der Waals surface area contributed by atoms with Crippen molar-refractivity contribution in [1.29, 1.82) is 0 Å². The van der Waals surface area contributed by atoms with Crippen molar-refractivity contribution >= 4 is 11.7 Å². The molecular weight excluding hydrogens is 288 g/mol. The Balaban J connectivity index is 1.94. The zero-order valence-electron chi connectivity index (χ0n) is 12.0. The molecule has 1 heterocycles. The van der Waals surface area contributed by atoms with Crippen molar-refractivity contribution in [2.75, 3.05) is 12.4 Å². The van der Waals surface area contributed by atoms with Gasteiger partial charge in [-0.3, -0.25) is 0 Å². The van der Waals surface area contributed by atoms with Crippen molar-refractivity contribution in [2.45, 2.75) is 18.9 Å². The maximum Gasteiger partial charge on any atom is 0.338 e. The van der Waals surface area contributed by atoms with Crippen molar-refractivity contribution in [2.24, 2.45) is 0 Å². The molecule has 22 heavy (non-hydrogen) atoms. The standard InChI is InChI=1S/C17H15F2NO2/c1-22-17(21)14-8-12(19)9-16-13(14)6-7-15(20-16)10-2-4-11(18)5-3-10/h2-5,8-9,15,20H,6-7H2,1H3. The van der Waals surface area contributed by atoms with Gasteiger partial charge in [-0.1, -0.05) is 12.1 Å². The van der Waals surface area contributed by atoms with Crippen LogP contribution in [0, 0.1) is 11.6 Å². The van der Waals surface area contributed by atoms with Crippen molar-refractivity contribution in [3.05, 3.63) is 64.7 Å². The molecule has 3 rings (SSSR count). The van der Waals surface area contributed by atoms with Crippen LogP contribution >= 0.6 is 0 Å². The van der Waals surface area contributed by atoms with E-state index in [1.807, 2.05) is 0 Å². The van der Waals surface area contributed by atoms with Crippen LogP contribution in [0.5, 0.6) is 0 Å². The Hall–Kier alpha value is -2.43. The van der Waals surface area contributed by atoms with Crippen LogP contribution in [0.4, 0.5) is 14.5 Å². The quantitative estimate of drug-likeness (QED) is 0.856. The van der Waals surface area contributed by atoms with E-state index in [4.69, 9.17) is 4.74 Å². The van der Waals surface area contributed by atoms with Gasteiger partial charge in [-0.15, -0.1) is 0 Å². The Labute approximate surface area is 126 Å². The van der Waals surface area contributed by atoms with Gasteiger partial charge in [0.05, 0.1) is 18.7 Å². The fourth-order valence-electron chi connectivity index (χ4n) is 2.82. The second-order valence-corrected chi connectivity index (χ2v) is 5.26. The molecular formula is C17H15F2NO2. The molecule has 1 unspecified atom stereocenters. The molecule has 3 nitrogen and oxygen atoms in total. The van der Waals surface area contributed by atoms with E-state index in [1.165, 1.54) is 31.4 Å². The molecule has 0 spiro atoms. The topological polar surface area (TPSA) is 38.3 Å². The summed E-state index contributed by atoms with van der Waals surface area (Å²) in [7, 11) is 1.28. The van der Waals surface area contributed by atoms with Gasteiger partial charge in [-0.25, -0.2) is 13.6 Å². The Morgan fingerprint density at radius 2 is 1.91 bits per heavy atom. The van der Waals surface area contributed by atoms with E-state index in [-0.39, 0.29) is 17.4 Å². The third kappa shape index (κ3) is 2.66. The summed E-state index contributed by atoms with van der Waals surface area (Å²) >= 11 is 0. The molecule has 1 atom stereocenters. The third-order valence-electron chi connectivity index (χ3n) is 3.91. The lowest BCUT2D eigenvalue weighted by Crippen LogP contribution is -2.21. The zero-order chi connectivity index (χ0) is 15.7. The second-order valence-electron chi connectivity index (χ2n) is 5.26. The van der Waals surface area contributed by atoms with Crippen LogP contribution in [0.2, 0.25) is 0 Å². The molecule has 2 aromatic carbocycles. The van der Waals surface area contributed by atoms with Crippen LogP contribution in [-0.2, 0) is 11.2 Å². The molecule has 0 bridgehead atoms. The van der Waals surface area contributed by atoms with Gasteiger partial charge in [0.2, 0.25) is 0 Å². The van der Waals surface area contributed by atoms with Gasteiger partial charge >= 0.3 is 5.97 Å². The molecule has 0 aliphatic carbocycles. The number of carbonyl (C=O) groups excluding carboxylic acids is 1. The lowest BCUT2D eigenvalue weighted by Gasteiger charge is -2.28. The Morgan fingerprint density at radius 3 is 2.59 bits per heavy atom. The molecule has 1 N–H and O–H groups in total. The molecule has 0 saturated carbocycles. The Morgan fingerprint density at radius 1 is 1.18 bits per heavy atom. The van der Waals surface area contributed by atoms with Crippen LogP contribution in [-0.4, -0.2) is 13.1 Å². The minimum absolute atomic E-state index is 0.0413. The number of esters is 1. The van der Waals surface area contributed by atoms with Crippen LogP contribution < -0.4 is 5.32 Å². The van der Waals surface area contributed by atoms with Gasteiger partial charge < -0.3 is 10.1 Å². The second kappa shape index (κ2) is 5.75. The van der Waals surface area contributed by atoms with Crippen LogP contribution in [0.3, 0.4) is 0 Å². The first kappa shape index (κ1) is 14.5. The minimum Gasteiger partial charge on any atom is -0.465 e. The van der Waals surface area contributed by atoms with Gasteiger partial charge in [0.15, 0.2) is 0 Å². The Bertz CT molecular complexity index is 713. The minimum atomic E-state index is -0.544. The number of anilines is 1. The highest BCUT2D eigenvalue weighted by atomic mass is 19.1. The van der Waals surface area contributed by atoms with E-state index in [0.29, 0.717) is 12.1 Å². The summed E-state index contributed by atoms with van der Waals surface area (Å²) in [5.41, 5.74) is 2.52. The largest absolute Gasteiger partial charge is 0.465 e. The zero-order valence-corrected chi connectivity index (χ0v) is 12.0. The summed E-state index contributed by atoms with van der Waals surface area (Å²) < 4.78 is 31.4. The maximum absolute atomic E-state index is 13.7. The van der Waals surface area contributed by atoms with Gasteiger partial charge in [0.1, 0.15) is 11.6 Å². The fourth-order valence-corrected chi connectivity index (χ4v) is 2.82. The lowest BCUT2D eigenvalue weighted by molar-refractivity contribution is 0.0599. The van der Waals surface area contributed by atoms with E-state index >= 15 is 0 Å². The van der Waals surface area contributed by atoms with E-state index in [1.54, 1.807) is 12.1 Å². The molecule has 0 aromatic heterocycles. The van der Waals surface area contributed by atoms with Crippen LogP contribution in [0.1, 0.15) is 33.9 Å². The smallest absolute Gasteiger partial charge is 0.338 e. The number of carbonyl (C=O) groups is 1. The summed E-state index contributed by atoms with van der Waals surface area (Å²) in [5.74, 6) is -1.33. The number of nitrogens with one attached hydrogen (secondary N) is 1. The van der Waals surface area contributed by atoms with Crippen molar-refractivity contribution < 1.29 is 18.3 Å².